The van der Waals surface area contributed by atoms with Gasteiger partial charge < -0.3 is 24.1 Å². The molecule has 2 aromatic rings. The molecular weight excluding hydrogens is 336 g/mol. The highest BCUT2D eigenvalue weighted by Gasteiger charge is 2.08. The van der Waals surface area contributed by atoms with Crippen LogP contribution in [0.5, 0.6) is 17.2 Å². The molecule has 1 aromatic heterocycles. The van der Waals surface area contributed by atoms with E-state index >= 15 is 0 Å². The first-order chi connectivity index (χ1) is 12.4. The van der Waals surface area contributed by atoms with E-state index in [0.29, 0.717) is 24.5 Å². The molecule has 26 heavy (non-hydrogen) atoms. The van der Waals surface area contributed by atoms with Crippen molar-refractivity contribution in [3.05, 3.63) is 51.9 Å². The standard InChI is InChI=1S/C19H24N2O5/c1-13-9-15(22)18(11-21(13)2)26-12-19(23)20-8-7-14-5-6-16(24-3)17(10-14)25-4/h5-6,9-11H,7-8,12H2,1-4H3,(H,20,23). The Morgan fingerprint density at radius 3 is 2.54 bits per heavy atom. The average molecular weight is 360 g/mol. The van der Waals surface area contributed by atoms with Crippen LogP contribution < -0.4 is 25.0 Å². The zero-order valence-corrected chi connectivity index (χ0v) is 15.5. The zero-order valence-electron chi connectivity index (χ0n) is 15.5. The molecule has 2 rings (SSSR count). The van der Waals surface area contributed by atoms with E-state index in [4.69, 9.17) is 14.2 Å². The number of carbonyl (C=O) groups excluding carboxylic acids is 1. The highest BCUT2D eigenvalue weighted by molar-refractivity contribution is 5.77. The lowest BCUT2D eigenvalue weighted by Gasteiger charge is -2.11. The fraction of sp³-hybridized carbons (Fsp3) is 0.368. The molecule has 0 saturated carbocycles. The Balaban J connectivity index is 1.82. The molecule has 0 aliphatic carbocycles. The molecule has 140 valence electrons. The van der Waals surface area contributed by atoms with Crippen molar-refractivity contribution in [3.63, 3.8) is 0 Å². The van der Waals surface area contributed by atoms with Crippen molar-refractivity contribution in [1.29, 1.82) is 0 Å². The number of methoxy groups -OCH3 is 2. The van der Waals surface area contributed by atoms with Crippen molar-refractivity contribution >= 4 is 5.91 Å². The SMILES string of the molecule is COc1ccc(CCNC(=O)COc2cn(C)c(C)cc2=O)cc1OC. The van der Waals surface area contributed by atoms with Crippen molar-refractivity contribution < 1.29 is 19.0 Å². The van der Waals surface area contributed by atoms with Gasteiger partial charge in [-0.25, -0.2) is 0 Å². The average Bonchev–Trinajstić information content (AvgIpc) is 2.63. The maximum Gasteiger partial charge on any atom is 0.257 e. The van der Waals surface area contributed by atoms with Gasteiger partial charge in [0.15, 0.2) is 23.9 Å². The van der Waals surface area contributed by atoms with Crippen LogP contribution in [-0.4, -0.2) is 37.8 Å². The van der Waals surface area contributed by atoms with Crippen LogP contribution in [-0.2, 0) is 18.3 Å². The number of nitrogens with one attached hydrogen (secondary N) is 1. The number of rotatable bonds is 8. The van der Waals surface area contributed by atoms with Gasteiger partial charge in [-0.15, -0.1) is 0 Å². The van der Waals surface area contributed by atoms with Crippen molar-refractivity contribution in [2.45, 2.75) is 13.3 Å². The van der Waals surface area contributed by atoms with Gasteiger partial charge >= 0.3 is 0 Å². The number of aryl methyl sites for hydroxylation is 2. The Labute approximate surface area is 152 Å². The Morgan fingerprint density at radius 1 is 1.12 bits per heavy atom. The van der Waals surface area contributed by atoms with E-state index < -0.39 is 0 Å². The minimum Gasteiger partial charge on any atom is -0.493 e. The summed E-state index contributed by atoms with van der Waals surface area (Å²) in [6.07, 6.45) is 2.22. The molecule has 0 aliphatic rings. The van der Waals surface area contributed by atoms with Crippen molar-refractivity contribution in [2.24, 2.45) is 7.05 Å². The molecule has 7 heteroatoms. The van der Waals surface area contributed by atoms with E-state index in [0.717, 1.165) is 11.3 Å². The minimum absolute atomic E-state index is 0.160. The van der Waals surface area contributed by atoms with Crippen molar-refractivity contribution in [1.82, 2.24) is 9.88 Å². The quantitative estimate of drug-likeness (QED) is 0.771. The number of carbonyl (C=O) groups is 1. The zero-order chi connectivity index (χ0) is 19.1. The number of nitrogens with zero attached hydrogens (tertiary/aromatic N) is 1. The molecule has 0 bridgehead atoms. The van der Waals surface area contributed by atoms with E-state index in [2.05, 4.69) is 5.32 Å². The highest BCUT2D eigenvalue weighted by atomic mass is 16.5. The van der Waals surface area contributed by atoms with E-state index in [9.17, 15) is 9.59 Å². The van der Waals surface area contributed by atoms with Gasteiger partial charge in [-0.1, -0.05) is 6.07 Å². The first-order valence-electron chi connectivity index (χ1n) is 8.22. The van der Waals surface area contributed by atoms with Gasteiger partial charge in [0.2, 0.25) is 5.43 Å². The van der Waals surface area contributed by atoms with Crippen LogP contribution in [0.4, 0.5) is 0 Å². The Morgan fingerprint density at radius 2 is 1.85 bits per heavy atom. The molecular formula is C19H24N2O5. The second-order valence-corrected chi connectivity index (χ2v) is 5.83. The topological polar surface area (TPSA) is 78.8 Å². The fourth-order valence-corrected chi connectivity index (χ4v) is 2.39. The smallest absolute Gasteiger partial charge is 0.257 e. The number of amides is 1. The summed E-state index contributed by atoms with van der Waals surface area (Å²) >= 11 is 0. The third-order valence-corrected chi connectivity index (χ3v) is 3.99. The first-order valence-corrected chi connectivity index (χ1v) is 8.22. The second-order valence-electron chi connectivity index (χ2n) is 5.83. The normalized spacial score (nSPS) is 10.3. The minimum atomic E-state index is -0.284. The number of hydrogen-bond acceptors (Lipinski definition) is 5. The van der Waals surface area contributed by atoms with Gasteiger partial charge in [0, 0.05) is 31.5 Å². The largest absolute Gasteiger partial charge is 0.493 e. The van der Waals surface area contributed by atoms with Crippen LogP contribution in [0.15, 0.2) is 35.3 Å². The lowest BCUT2D eigenvalue weighted by atomic mass is 10.1. The Kier molecular flexibility index (Phi) is 6.66. The summed E-state index contributed by atoms with van der Waals surface area (Å²) in [5.41, 5.74) is 1.59. The molecule has 0 fully saturated rings. The molecule has 1 heterocycles. The van der Waals surface area contributed by atoms with Crippen LogP contribution in [0.1, 0.15) is 11.3 Å². The summed E-state index contributed by atoms with van der Waals surface area (Å²) in [6, 6.07) is 7.09. The number of aromatic nitrogens is 1. The first kappa shape index (κ1) is 19.4. The number of benzene rings is 1. The molecule has 7 nitrogen and oxygen atoms in total. The third kappa shape index (κ3) is 5.02. The monoisotopic (exact) mass is 360 g/mol. The number of ether oxygens (including phenoxy) is 3. The number of hydrogen-bond donors (Lipinski definition) is 1. The van der Waals surface area contributed by atoms with Crippen molar-refractivity contribution in [2.75, 3.05) is 27.4 Å². The molecule has 1 aromatic carbocycles. The van der Waals surface area contributed by atoms with Gasteiger partial charge in [0.25, 0.3) is 5.91 Å². The lowest BCUT2D eigenvalue weighted by Crippen LogP contribution is -2.31. The van der Waals surface area contributed by atoms with E-state index in [1.54, 1.807) is 25.0 Å². The van der Waals surface area contributed by atoms with Crippen LogP contribution in [0.25, 0.3) is 0 Å². The van der Waals surface area contributed by atoms with Gasteiger partial charge in [-0.3, -0.25) is 9.59 Å². The summed E-state index contributed by atoms with van der Waals surface area (Å²) in [6.45, 7) is 2.07. The Bertz CT molecular complexity index is 829. The van der Waals surface area contributed by atoms with Crippen LogP contribution in [0.3, 0.4) is 0 Å². The predicted octanol–water partition coefficient (Wildman–Crippen LogP) is 1.45. The molecule has 0 radical (unpaired) electrons. The Hall–Kier alpha value is -2.96. The predicted molar refractivity (Wildman–Crippen MR) is 98.2 cm³/mol. The second kappa shape index (κ2) is 8.94. The van der Waals surface area contributed by atoms with Crippen LogP contribution in [0.2, 0.25) is 0 Å². The third-order valence-electron chi connectivity index (χ3n) is 3.99. The van der Waals surface area contributed by atoms with Gasteiger partial charge in [-0.05, 0) is 31.0 Å². The van der Waals surface area contributed by atoms with Crippen LogP contribution in [0, 0.1) is 6.92 Å². The fourth-order valence-electron chi connectivity index (χ4n) is 2.39. The molecule has 0 spiro atoms. The molecule has 0 aliphatic heterocycles. The summed E-state index contributed by atoms with van der Waals surface area (Å²) in [7, 11) is 4.97. The van der Waals surface area contributed by atoms with Crippen molar-refractivity contribution in [3.8, 4) is 17.2 Å². The lowest BCUT2D eigenvalue weighted by molar-refractivity contribution is -0.123. The maximum absolute atomic E-state index is 11.9. The molecule has 0 unspecified atom stereocenters. The van der Waals surface area contributed by atoms with E-state index in [-0.39, 0.29) is 23.7 Å². The van der Waals surface area contributed by atoms with Gasteiger partial charge in [0.1, 0.15) is 0 Å². The van der Waals surface area contributed by atoms with Crippen LogP contribution >= 0.6 is 0 Å². The highest BCUT2D eigenvalue weighted by Crippen LogP contribution is 2.27. The molecule has 0 atom stereocenters. The molecule has 1 N–H and O–H groups in total. The maximum atomic E-state index is 11.9. The molecule has 0 saturated heterocycles. The van der Waals surface area contributed by atoms with E-state index in [1.807, 2.05) is 32.2 Å². The summed E-state index contributed by atoms with van der Waals surface area (Å²) in [5, 5.41) is 2.77. The summed E-state index contributed by atoms with van der Waals surface area (Å²) in [4.78, 5) is 23.7. The van der Waals surface area contributed by atoms with Gasteiger partial charge in [-0.2, -0.15) is 0 Å². The van der Waals surface area contributed by atoms with E-state index in [1.165, 1.54) is 6.07 Å². The molecule has 1 amide bonds. The number of pyridine rings is 1. The summed E-state index contributed by atoms with van der Waals surface area (Å²) in [5.74, 6) is 1.18. The summed E-state index contributed by atoms with van der Waals surface area (Å²) < 4.78 is 17.5. The van der Waals surface area contributed by atoms with Gasteiger partial charge in [0.05, 0.1) is 14.2 Å².